The lowest BCUT2D eigenvalue weighted by Crippen LogP contribution is -2.13. The Morgan fingerprint density at radius 1 is 0.865 bits per heavy atom. The Morgan fingerprint density at radius 3 is 2.24 bits per heavy atom. The van der Waals surface area contributed by atoms with Gasteiger partial charge in [-0.25, -0.2) is 9.18 Å². The largest absolute Gasteiger partial charge is 0.487 e. The predicted molar refractivity (Wildman–Crippen MR) is 144 cm³/mol. The van der Waals surface area contributed by atoms with Crippen LogP contribution in [0.2, 0.25) is 0 Å². The van der Waals surface area contributed by atoms with Crippen molar-refractivity contribution in [3.05, 3.63) is 84.2 Å². The minimum Gasteiger partial charge on any atom is -0.487 e. The van der Waals surface area contributed by atoms with Crippen molar-refractivity contribution in [1.82, 2.24) is 0 Å². The van der Waals surface area contributed by atoms with Crippen LogP contribution < -0.4 is 9.47 Å². The highest BCUT2D eigenvalue weighted by atomic mass is 19.1. The summed E-state index contributed by atoms with van der Waals surface area (Å²) in [5.41, 5.74) is 4.40. The van der Waals surface area contributed by atoms with Crippen LogP contribution in [0.5, 0.6) is 11.5 Å². The summed E-state index contributed by atoms with van der Waals surface area (Å²) in [5, 5.41) is 9.12. The van der Waals surface area contributed by atoms with Crippen molar-refractivity contribution in [1.29, 1.82) is 0 Å². The molecule has 0 aliphatic carbocycles. The van der Waals surface area contributed by atoms with Crippen molar-refractivity contribution < 1.29 is 28.5 Å². The van der Waals surface area contributed by atoms with Gasteiger partial charge in [-0.1, -0.05) is 68.8 Å². The smallest absolute Gasteiger partial charge is 0.333 e. The van der Waals surface area contributed by atoms with Crippen molar-refractivity contribution in [2.24, 2.45) is 0 Å². The van der Waals surface area contributed by atoms with Crippen LogP contribution in [0.15, 0.2) is 72.8 Å². The standard InChI is InChI=1S/C31H35FO5/c1-4-5-6-7-23-8-10-24(11-9-23)25-12-14-27(28(32)20-25)26-13-15-29(35-17-16-33)30(21-26)36-18-19-37-31(34)22(2)3/h8-15,20-21,33H,2,4-7,16-19H2,1,3H3. The van der Waals surface area contributed by atoms with Crippen LogP contribution in [0.25, 0.3) is 22.3 Å². The number of carbonyl (C=O) groups excluding carboxylic acids is 1. The van der Waals surface area contributed by atoms with E-state index in [1.807, 2.05) is 18.2 Å². The highest BCUT2D eigenvalue weighted by Crippen LogP contribution is 2.35. The van der Waals surface area contributed by atoms with E-state index in [0.717, 1.165) is 17.5 Å². The second kappa shape index (κ2) is 14.2. The summed E-state index contributed by atoms with van der Waals surface area (Å²) < 4.78 is 31.6. The fourth-order valence-electron chi connectivity index (χ4n) is 3.84. The Kier molecular flexibility index (Phi) is 10.7. The number of hydrogen-bond acceptors (Lipinski definition) is 5. The molecule has 3 rings (SSSR count). The van der Waals surface area contributed by atoms with Crippen LogP contribution in [-0.4, -0.2) is 37.5 Å². The molecule has 0 aromatic heterocycles. The predicted octanol–water partition coefficient (Wildman–Crippen LogP) is 6.76. The van der Waals surface area contributed by atoms with Crippen molar-refractivity contribution in [2.45, 2.75) is 39.5 Å². The van der Waals surface area contributed by atoms with E-state index in [4.69, 9.17) is 19.3 Å². The molecule has 5 nitrogen and oxygen atoms in total. The summed E-state index contributed by atoms with van der Waals surface area (Å²) in [7, 11) is 0. The highest BCUT2D eigenvalue weighted by molar-refractivity contribution is 5.86. The fraction of sp³-hybridized carbons (Fsp3) is 0.323. The number of aliphatic hydroxyl groups excluding tert-OH is 1. The van der Waals surface area contributed by atoms with E-state index in [1.54, 1.807) is 31.2 Å². The Morgan fingerprint density at radius 2 is 1.57 bits per heavy atom. The van der Waals surface area contributed by atoms with Crippen LogP contribution in [0, 0.1) is 5.82 Å². The zero-order valence-electron chi connectivity index (χ0n) is 21.6. The van der Waals surface area contributed by atoms with E-state index in [-0.39, 0.29) is 32.2 Å². The van der Waals surface area contributed by atoms with Crippen LogP contribution in [0.3, 0.4) is 0 Å². The molecule has 3 aromatic rings. The van der Waals surface area contributed by atoms with E-state index in [1.165, 1.54) is 30.9 Å². The van der Waals surface area contributed by atoms with Crippen molar-refractivity contribution in [3.63, 3.8) is 0 Å². The first kappa shape index (κ1) is 27.9. The molecule has 6 heteroatoms. The van der Waals surface area contributed by atoms with Gasteiger partial charge in [0.05, 0.1) is 6.61 Å². The summed E-state index contributed by atoms with van der Waals surface area (Å²) in [6, 6.07) is 18.6. The maximum Gasteiger partial charge on any atom is 0.333 e. The van der Waals surface area contributed by atoms with E-state index < -0.39 is 5.97 Å². The third-order valence-corrected chi connectivity index (χ3v) is 5.85. The first-order chi connectivity index (χ1) is 17.9. The minimum absolute atomic E-state index is 0.0236. The molecule has 37 heavy (non-hydrogen) atoms. The fourth-order valence-corrected chi connectivity index (χ4v) is 3.84. The summed E-state index contributed by atoms with van der Waals surface area (Å²) in [4.78, 5) is 11.6. The van der Waals surface area contributed by atoms with Crippen molar-refractivity contribution in [3.8, 4) is 33.8 Å². The molecule has 0 spiro atoms. The monoisotopic (exact) mass is 506 g/mol. The first-order valence-electron chi connectivity index (χ1n) is 12.6. The summed E-state index contributed by atoms with van der Waals surface area (Å²) in [6.07, 6.45) is 4.65. The van der Waals surface area contributed by atoms with Gasteiger partial charge in [-0.3, -0.25) is 0 Å². The van der Waals surface area contributed by atoms with Gasteiger partial charge >= 0.3 is 5.97 Å². The number of halogens is 1. The normalized spacial score (nSPS) is 10.7. The lowest BCUT2D eigenvalue weighted by Gasteiger charge is -2.15. The van der Waals surface area contributed by atoms with Gasteiger partial charge in [0.15, 0.2) is 11.5 Å². The van der Waals surface area contributed by atoms with Crippen molar-refractivity contribution >= 4 is 5.97 Å². The third kappa shape index (κ3) is 8.19. The molecule has 0 unspecified atom stereocenters. The summed E-state index contributed by atoms with van der Waals surface area (Å²) >= 11 is 0. The van der Waals surface area contributed by atoms with E-state index in [0.29, 0.717) is 28.2 Å². The number of unbranched alkanes of at least 4 members (excludes halogenated alkanes) is 2. The number of hydrogen-bond donors (Lipinski definition) is 1. The van der Waals surface area contributed by atoms with Gasteiger partial charge in [-0.2, -0.15) is 0 Å². The molecule has 0 radical (unpaired) electrons. The molecule has 0 amide bonds. The van der Waals surface area contributed by atoms with Gasteiger partial charge in [0.25, 0.3) is 0 Å². The average Bonchev–Trinajstić information content (AvgIpc) is 2.90. The van der Waals surface area contributed by atoms with Crippen LogP contribution in [-0.2, 0) is 16.0 Å². The zero-order valence-corrected chi connectivity index (χ0v) is 21.6. The van der Waals surface area contributed by atoms with Gasteiger partial charge < -0.3 is 19.3 Å². The van der Waals surface area contributed by atoms with Crippen LogP contribution in [0.1, 0.15) is 38.7 Å². The molecule has 0 fully saturated rings. The van der Waals surface area contributed by atoms with Crippen LogP contribution >= 0.6 is 0 Å². The number of rotatable bonds is 14. The lowest BCUT2D eigenvalue weighted by atomic mass is 9.98. The summed E-state index contributed by atoms with van der Waals surface area (Å²) in [6.45, 7) is 7.33. The molecule has 0 heterocycles. The van der Waals surface area contributed by atoms with Gasteiger partial charge in [0.1, 0.15) is 25.6 Å². The molecule has 0 bridgehead atoms. The van der Waals surface area contributed by atoms with Gasteiger partial charge in [-0.05, 0) is 60.2 Å². The second-order valence-electron chi connectivity index (χ2n) is 8.85. The molecule has 1 N–H and O–H groups in total. The van der Waals surface area contributed by atoms with Gasteiger partial charge in [-0.15, -0.1) is 0 Å². The van der Waals surface area contributed by atoms with Crippen LogP contribution in [0.4, 0.5) is 4.39 Å². The summed E-state index contributed by atoms with van der Waals surface area (Å²) in [5.74, 6) is -0.0863. The lowest BCUT2D eigenvalue weighted by molar-refractivity contribution is -0.139. The number of esters is 1. The third-order valence-electron chi connectivity index (χ3n) is 5.85. The molecular weight excluding hydrogens is 471 g/mol. The van der Waals surface area contributed by atoms with E-state index in [2.05, 4.69) is 25.6 Å². The first-order valence-corrected chi connectivity index (χ1v) is 12.6. The average molecular weight is 507 g/mol. The maximum absolute atomic E-state index is 15.2. The maximum atomic E-state index is 15.2. The number of benzene rings is 3. The molecular formula is C31H35FO5. The Hall–Kier alpha value is -3.64. The van der Waals surface area contributed by atoms with E-state index in [9.17, 15) is 4.79 Å². The van der Waals surface area contributed by atoms with Gasteiger partial charge in [0, 0.05) is 11.1 Å². The van der Waals surface area contributed by atoms with E-state index >= 15 is 4.39 Å². The molecule has 0 atom stereocenters. The second-order valence-corrected chi connectivity index (χ2v) is 8.85. The van der Waals surface area contributed by atoms with Crippen molar-refractivity contribution in [2.75, 3.05) is 26.4 Å². The Bertz CT molecular complexity index is 1190. The quantitative estimate of drug-likeness (QED) is 0.149. The molecule has 0 aliphatic rings. The number of carbonyl (C=O) groups is 1. The molecule has 0 aliphatic heterocycles. The SMILES string of the molecule is C=C(C)C(=O)OCCOc1cc(-c2ccc(-c3ccc(CCCCC)cc3)cc2F)ccc1OCCO. The molecule has 0 saturated heterocycles. The molecule has 196 valence electrons. The topological polar surface area (TPSA) is 65.0 Å². The molecule has 3 aromatic carbocycles. The minimum atomic E-state index is -0.498. The number of aryl methyl sites for hydroxylation is 1. The Labute approximate surface area is 218 Å². The molecule has 0 saturated carbocycles. The zero-order chi connectivity index (χ0) is 26.6. The van der Waals surface area contributed by atoms with Gasteiger partial charge in [0.2, 0.25) is 0 Å². The number of aliphatic hydroxyl groups is 1. The number of ether oxygens (including phenoxy) is 3. The Balaban J connectivity index is 1.76. The highest BCUT2D eigenvalue weighted by Gasteiger charge is 2.13.